The van der Waals surface area contributed by atoms with Gasteiger partial charge in [0.25, 0.3) is 0 Å². The highest BCUT2D eigenvalue weighted by molar-refractivity contribution is 6.04. The van der Waals surface area contributed by atoms with Gasteiger partial charge in [0.2, 0.25) is 0 Å². The summed E-state index contributed by atoms with van der Waals surface area (Å²) in [6, 6.07) is 9.22. The Bertz CT molecular complexity index is 1010. The van der Waals surface area contributed by atoms with Gasteiger partial charge in [-0.05, 0) is 61.4 Å². The van der Waals surface area contributed by atoms with Crippen LogP contribution in [-0.4, -0.2) is 25.2 Å². The van der Waals surface area contributed by atoms with E-state index >= 15 is 0 Å². The minimum atomic E-state index is -4.58. The summed E-state index contributed by atoms with van der Waals surface area (Å²) in [7, 11) is 1.50. The third-order valence-electron chi connectivity index (χ3n) is 4.56. The molecule has 6 nitrogen and oxygen atoms in total. The maximum absolute atomic E-state index is 13.2. The summed E-state index contributed by atoms with van der Waals surface area (Å²) < 4.78 is 50.2. The zero-order valence-corrected chi connectivity index (χ0v) is 17.0. The number of alkyl halides is 3. The minimum Gasteiger partial charge on any atom is -0.497 e. The predicted molar refractivity (Wildman–Crippen MR) is 107 cm³/mol. The number of amides is 2. The third kappa shape index (κ3) is 4.99. The van der Waals surface area contributed by atoms with Gasteiger partial charge in [-0.1, -0.05) is 12.1 Å². The molecule has 0 saturated heterocycles. The Morgan fingerprint density at radius 3 is 2.35 bits per heavy atom. The molecule has 2 aromatic rings. The number of hydrogen-bond donors (Lipinski definition) is 2. The molecule has 0 aliphatic carbocycles. The number of nitrogens with one attached hydrogen (secondary N) is 2. The quantitative estimate of drug-likeness (QED) is 0.683. The highest BCUT2D eigenvalue weighted by atomic mass is 19.4. The van der Waals surface area contributed by atoms with Crippen molar-refractivity contribution in [3.63, 3.8) is 0 Å². The molecule has 3 rings (SSSR count). The van der Waals surface area contributed by atoms with E-state index in [4.69, 9.17) is 9.47 Å². The predicted octanol–water partition coefficient (Wildman–Crippen LogP) is 4.43. The van der Waals surface area contributed by atoms with Crippen molar-refractivity contribution in [2.75, 3.05) is 7.11 Å². The Morgan fingerprint density at radius 2 is 1.77 bits per heavy atom. The molecule has 2 amide bonds. The Kier molecular flexibility index (Phi) is 6.24. The van der Waals surface area contributed by atoms with Crippen LogP contribution in [0.4, 0.5) is 18.0 Å². The van der Waals surface area contributed by atoms with Crippen LogP contribution in [0.15, 0.2) is 54.1 Å². The number of halogens is 3. The maximum atomic E-state index is 13.2. The van der Waals surface area contributed by atoms with Crippen LogP contribution in [0, 0.1) is 0 Å². The van der Waals surface area contributed by atoms with E-state index in [1.165, 1.54) is 19.2 Å². The standard InChI is InChI=1S/C22H21F3N2O4/c1-12(2)31-20(28)17-18(13-7-9-16(30-3)10-8-13)26-21(29)27-19(17)14-5-4-6-15(11-14)22(23,24)25/h4-12,19H,1-3H3,(H2,26,27,29). The van der Waals surface area contributed by atoms with Gasteiger partial charge in [-0.15, -0.1) is 0 Å². The second kappa shape index (κ2) is 8.71. The Labute approximate surface area is 177 Å². The van der Waals surface area contributed by atoms with Crippen LogP contribution in [0.5, 0.6) is 5.75 Å². The molecule has 1 unspecified atom stereocenters. The van der Waals surface area contributed by atoms with Crippen molar-refractivity contribution in [2.24, 2.45) is 0 Å². The molecule has 31 heavy (non-hydrogen) atoms. The first-order chi connectivity index (χ1) is 14.6. The molecule has 1 heterocycles. The molecule has 0 spiro atoms. The summed E-state index contributed by atoms with van der Waals surface area (Å²) in [6.45, 7) is 3.30. The van der Waals surface area contributed by atoms with Crippen molar-refractivity contribution < 1.29 is 32.2 Å². The molecule has 1 aliphatic heterocycles. The molecule has 2 aromatic carbocycles. The molecule has 2 N–H and O–H groups in total. The lowest BCUT2D eigenvalue weighted by Gasteiger charge is -2.30. The zero-order chi connectivity index (χ0) is 22.8. The van der Waals surface area contributed by atoms with Crippen LogP contribution in [-0.2, 0) is 15.7 Å². The first-order valence-corrected chi connectivity index (χ1v) is 9.44. The van der Waals surface area contributed by atoms with Gasteiger partial charge in [0.15, 0.2) is 0 Å². The number of urea groups is 1. The Hall–Kier alpha value is -3.49. The van der Waals surface area contributed by atoms with E-state index < -0.39 is 35.9 Å². The summed E-state index contributed by atoms with van der Waals surface area (Å²) in [5, 5.41) is 5.12. The van der Waals surface area contributed by atoms with Gasteiger partial charge in [0.05, 0.1) is 36.1 Å². The normalized spacial score (nSPS) is 16.6. The van der Waals surface area contributed by atoms with Crippen molar-refractivity contribution in [3.05, 3.63) is 70.8 Å². The molecule has 0 aromatic heterocycles. The van der Waals surface area contributed by atoms with Crippen LogP contribution >= 0.6 is 0 Å². The average Bonchev–Trinajstić information content (AvgIpc) is 2.72. The summed E-state index contributed by atoms with van der Waals surface area (Å²) in [6.07, 6.45) is -5.05. The lowest BCUT2D eigenvalue weighted by atomic mass is 9.91. The third-order valence-corrected chi connectivity index (χ3v) is 4.56. The van der Waals surface area contributed by atoms with E-state index in [0.717, 1.165) is 12.1 Å². The Morgan fingerprint density at radius 1 is 1.10 bits per heavy atom. The molecule has 1 aliphatic rings. The van der Waals surface area contributed by atoms with Gasteiger partial charge in [0.1, 0.15) is 5.75 Å². The van der Waals surface area contributed by atoms with Crippen molar-refractivity contribution in [3.8, 4) is 5.75 Å². The number of esters is 1. The maximum Gasteiger partial charge on any atom is 0.416 e. The molecule has 9 heteroatoms. The molecule has 0 fully saturated rings. The fourth-order valence-electron chi connectivity index (χ4n) is 3.19. The first-order valence-electron chi connectivity index (χ1n) is 9.44. The van der Waals surface area contributed by atoms with Crippen LogP contribution in [0.25, 0.3) is 5.70 Å². The molecule has 164 valence electrons. The van der Waals surface area contributed by atoms with Gasteiger partial charge in [-0.25, -0.2) is 9.59 Å². The number of carbonyl (C=O) groups is 2. The number of ether oxygens (including phenoxy) is 2. The summed E-state index contributed by atoms with van der Waals surface area (Å²) in [4.78, 5) is 25.3. The monoisotopic (exact) mass is 434 g/mol. The van der Waals surface area contributed by atoms with E-state index in [-0.39, 0.29) is 16.8 Å². The zero-order valence-electron chi connectivity index (χ0n) is 17.0. The smallest absolute Gasteiger partial charge is 0.416 e. The number of benzene rings is 2. The van der Waals surface area contributed by atoms with Crippen LogP contribution in [0.2, 0.25) is 0 Å². The first kappa shape index (κ1) is 22.2. The van der Waals surface area contributed by atoms with Crippen LogP contribution < -0.4 is 15.4 Å². The lowest BCUT2D eigenvalue weighted by Crippen LogP contribution is -2.45. The van der Waals surface area contributed by atoms with Crippen molar-refractivity contribution in [1.29, 1.82) is 0 Å². The van der Waals surface area contributed by atoms with Gasteiger partial charge in [-0.2, -0.15) is 13.2 Å². The van der Waals surface area contributed by atoms with Gasteiger partial charge in [-0.3, -0.25) is 0 Å². The van der Waals surface area contributed by atoms with Gasteiger partial charge < -0.3 is 20.1 Å². The minimum absolute atomic E-state index is 0.00205. The number of carbonyl (C=O) groups excluding carboxylic acids is 2. The number of hydrogen-bond acceptors (Lipinski definition) is 4. The van der Waals surface area contributed by atoms with E-state index in [1.54, 1.807) is 38.1 Å². The summed E-state index contributed by atoms with van der Waals surface area (Å²) in [5.41, 5.74) is -0.160. The van der Waals surface area contributed by atoms with Crippen molar-refractivity contribution in [2.45, 2.75) is 32.2 Å². The summed E-state index contributed by atoms with van der Waals surface area (Å²) >= 11 is 0. The average molecular weight is 434 g/mol. The van der Waals surface area contributed by atoms with Gasteiger partial charge in [0, 0.05) is 0 Å². The van der Waals surface area contributed by atoms with Crippen LogP contribution in [0.1, 0.15) is 36.6 Å². The fraction of sp³-hybridized carbons (Fsp3) is 0.273. The van der Waals surface area contributed by atoms with Crippen LogP contribution in [0.3, 0.4) is 0 Å². The molecule has 0 bridgehead atoms. The highest BCUT2D eigenvalue weighted by Crippen LogP contribution is 2.36. The molecule has 0 saturated carbocycles. The molecular formula is C22H21F3N2O4. The van der Waals surface area contributed by atoms with Crippen molar-refractivity contribution in [1.82, 2.24) is 10.6 Å². The number of rotatable bonds is 5. The number of methoxy groups -OCH3 is 1. The molecule has 1 atom stereocenters. The fourth-order valence-corrected chi connectivity index (χ4v) is 3.19. The molecule has 0 radical (unpaired) electrons. The highest BCUT2D eigenvalue weighted by Gasteiger charge is 2.37. The second-order valence-corrected chi connectivity index (χ2v) is 7.13. The summed E-state index contributed by atoms with van der Waals surface area (Å²) in [5.74, 6) is -0.193. The van der Waals surface area contributed by atoms with Gasteiger partial charge >= 0.3 is 18.2 Å². The topological polar surface area (TPSA) is 76.7 Å². The van der Waals surface area contributed by atoms with E-state index in [1.807, 2.05) is 0 Å². The largest absolute Gasteiger partial charge is 0.497 e. The second-order valence-electron chi connectivity index (χ2n) is 7.13. The van der Waals surface area contributed by atoms with E-state index in [2.05, 4.69) is 10.6 Å². The van der Waals surface area contributed by atoms with E-state index in [9.17, 15) is 22.8 Å². The lowest BCUT2D eigenvalue weighted by molar-refractivity contribution is -0.143. The SMILES string of the molecule is COc1ccc(C2=C(C(=O)OC(C)C)C(c3cccc(C(F)(F)F)c3)NC(=O)N2)cc1. The van der Waals surface area contributed by atoms with Crippen molar-refractivity contribution >= 4 is 17.7 Å². The van der Waals surface area contributed by atoms with E-state index in [0.29, 0.717) is 11.3 Å². The molecular weight excluding hydrogens is 413 g/mol. The Balaban J connectivity index is 2.18.